The Morgan fingerprint density at radius 1 is 0.280 bits per heavy atom. The monoisotopic (exact) mass is 1040 g/mol. The topological polar surface area (TPSA) is 78.9 Å². The van der Waals surface area contributed by atoms with E-state index in [2.05, 4.69) is 130 Å². The number of esters is 3. The number of hydrogen-bond donors (Lipinski definition) is 0. The number of hydrogen-bond acceptors (Lipinski definition) is 6. The summed E-state index contributed by atoms with van der Waals surface area (Å²) in [6.45, 7) is 6.39. The lowest BCUT2D eigenvalue weighted by atomic mass is 10.0. The Labute approximate surface area is 463 Å². The molecule has 1 atom stereocenters. The average molecular weight is 1040 g/mol. The van der Waals surface area contributed by atoms with Crippen LogP contribution in [0.15, 0.2) is 109 Å². The van der Waals surface area contributed by atoms with Gasteiger partial charge in [0.25, 0.3) is 0 Å². The van der Waals surface area contributed by atoms with Crippen molar-refractivity contribution in [2.45, 2.75) is 297 Å². The summed E-state index contributed by atoms with van der Waals surface area (Å²) in [6.07, 6.45) is 85.4. The molecule has 0 saturated heterocycles. The highest BCUT2D eigenvalue weighted by atomic mass is 16.6. The van der Waals surface area contributed by atoms with Gasteiger partial charge in [0, 0.05) is 19.3 Å². The third-order valence-corrected chi connectivity index (χ3v) is 13.3. The van der Waals surface area contributed by atoms with Crippen LogP contribution in [-0.2, 0) is 28.6 Å². The van der Waals surface area contributed by atoms with E-state index in [-0.39, 0.29) is 31.1 Å². The first-order valence-corrected chi connectivity index (χ1v) is 31.4. The molecule has 0 aromatic heterocycles. The van der Waals surface area contributed by atoms with Crippen LogP contribution in [0.5, 0.6) is 0 Å². The lowest BCUT2D eigenvalue weighted by molar-refractivity contribution is -0.167. The van der Waals surface area contributed by atoms with Gasteiger partial charge in [-0.15, -0.1) is 0 Å². The SMILES string of the molecule is CC/C=C\C/C=C\C/C=C\C/C=C\C/C=C\C/C=C\CCCCCCCCCCCCCCCCC(=O)OCC(COC(=O)CCCCCCCCCCC)OC(=O)CCCCCCC/C=C\C/C=C\C/C=C\CC. The summed E-state index contributed by atoms with van der Waals surface area (Å²) >= 11 is 0. The van der Waals surface area contributed by atoms with E-state index in [0.717, 1.165) is 135 Å². The number of allylic oxidation sites excluding steroid dienone is 18. The molecular formula is C69H116O6. The fourth-order valence-corrected chi connectivity index (χ4v) is 8.64. The van der Waals surface area contributed by atoms with E-state index in [9.17, 15) is 14.4 Å². The molecule has 0 fully saturated rings. The summed E-state index contributed by atoms with van der Waals surface area (Å²) in [7, 11) is 0. The predicted octanol–water partition coefficient (Wildman–Crippen LogP) is 21.4. The Balaban J connectivity index is 4.12. The normalized spacial score (nSPS) is 12.8. The fourth-order valence-electron chi connectivity index (χ4n) is 8.64. The number of carbonyl (C=O) groups is 3. The average Bonchev–Trinajstić information content (AvgIpc) is 3.41. The van der Waals surface area contributed by atoms with E-state index in [1.165, 1.54) is 116 Å². The minimum Gasteiger partial charge on any atom is -0.462 e. The van der Waals surface area contributed by atoms with Gasteiger partial charge in [-0.2, -0.15) is 0 Å². The van der Waals surface area contributed by atoms with Crippen molar-refractivity contribution in [3.05, 3.63) is 109 Å². The lowest BCUT2D eigenvalue weighted by Gasteiger charge is -2.18. The second-order valence-corrected chi connectivity index (χ2v) is 20.6. The zero-order valence-electron chi connectivity index (χ0n) is 49.0. The van der Waals surface area contributed by atoms with Gasteiger partial charge in [0.15, 0.2) is 6.10 Å². The van der Waals surface area contributed by atoms with Crippen LogP contribution < -0.4 is 0 Å². The largest absolute Gasteiger partial charge is 0.462 e. The van der Waals surface area contributed by atoms with Crippen molar-refractivity contribution in [2.24, 2.45) is 0 Å². The van der Waals surface area contributed by atoms with E-state index in [4.69, 9.17) is 14.2 Å². The van der Waals surface area contributed by atoms with Crippen molar-refractivity contribution in [2.75, 3.05) is 13.2 Å². The van der Waals surface area contributed by atoms with E-state index in [1.807, 2.05) is 0 Å². The van der Waals surface area contributed by atoms with E-state index < -0.39 is 6.10 Å². The molecule has 0 heterocycles. The fraction of sp³-hybridized carbons (Fsp3) is 0.696. The molecule has 0 saturated carbocycles. The quantitative estimate of drug-likeness (QED) is 0.0261. The summed E-state index contributed by atoms with van der Waals surface area (Å²) in [5.41, 5.74) is 0. The summed E-state index contributed by atoms with van der Waals surface area (Å²) in [6, 6.07) is 0. The molecule has 6 nitrogen and oxygen atoms in total. The molecule has 6 heteroatoms. The van der Waals surface area contributed by atoms with Crippen LogP contribution in [0.1, 0.15) is 290 Å². The second kappa shape index (κ2) is 62.6. The van der Waals surface area contributed by atoms with Gasteiger partial charge < -0.3 is 14.2 Å². The Morgan fingerprint density at radius 3 is 0.813 bits per heavy atom. The zero-order chi connectivity index (χ0) is 54.3. The van der Waals surface area contributed by atoms with Crippen molar-refractivity contribution < 1.29 is 28.6 Å². The smallest absolute Gasteiger partial charge is 0.306 e. The molecule has 0 radical (unpaired) electrons. The number of carbonyl (C=O) groups excluding carboxylic acids is 3. The van der Waals surface area contributed by atoms with E-state index in [1.54, 1.807) is 0 Å². The molecule has 0 aliphatic rings. The van der Waals surface area contributed by atoms with E-state index >= 15 is 0 Å². The molecule has 0 aromatic rings. The summed E-state index contributed by atoms with van der Waals surface area (Å²) in [5.74, 6) is -0.898. The molecule has 0 bridgehead atoms. The van der Waals surface area contributed by atoms with Gasteiger partial charge in [0.05, 0.1) is 0 Å². The predicted molar refractivity (Wildman–Crippen MR) is 325 cm³/mol. The van der Waals surface area contributed by atoms with Crippen molar-refractivity contribution in [3.8, 4) is 0 Å². The van der Waals surface area contributed by atoms with Crippen molar-refractivity contribution >= 4 is 17.9 Å². The molecule has 0 aliphatic carbocycles. The van der Waals surface area contributed by atoms with Crippen LogP contribution in [0, 0.1) is 0 Å². The molecule has 428 valence electrons. The highest BCUT2D eigenvalue weighted by molar-refractivity contribution is 5.71. The molecule has 0 amide bonds. The Morgan fingerprint density at radius 2 is 0.520 bits per heavy atom. The summed E-state index contributed by atoms with van der Waals surface area (Å²) in [5, 5.41) is 0. The molecule has 0 aromatic carbocycles. The number of ether oxygens (including phenoxy) is 3. The number of rotatable bonds is 56. The molecule has 75 heavy (non-hydrogen) atoms. The Kier molecular flexibility index (Phi) is 59.3. The Hall–Kier alpha value is -3.93. The summed E-state index contributed by atoms with van der Waals surface area (Å²) < 4.78 is 16.8. The Bertz CT molecular complexity index is 1520. The van der Waals surface area contributed by atoms with Crippen LogP contribution >= 0.6 is 0 Å². The van der Waals surface area contributed by atoms with Gasteiger partial charge in [0.1, 0.15) is 13.2 Å². The standard InChI is InChI=1S/C69H116O6/c1-4-7-10-13-16-19-21-23-25-26-27-28-29-30-31-32-33-34-35-36-37-38-39-40-41-42-44-45-47-50-53-56-59-62-68(71)74-65-66(64-73-67(70)61-58-55-52-49-18-15-12-9-6-3)75-69(72)63-60-57-54-51-48-46-43-24-22-20-17-14-11-8-5-2/h7-8,10-11,16-17,19-20,23-25,27-28,30-31,33-34,43,66H,4-6,9,12-15,18,21-22,26,29,32,35-42,44-65H2,1-3H3/b10-7-,11-8-,19-16-,20-17-,25-23-,28-27-,31-30-,34-33-,43-24-. The third kappa shape index (κ3) is 60.8. The highest BCUT2D eigenvalue weighted by Gasteiger charge is 2.19. The first-order valence-electron chi connectivity index (χ1n) is 31.4. The first-order chi connectivity index (χ1) is 37.0. The summed E-state index contributed by atoms with van der Waals surface area (Å²) in [4.78, 5) is 38.1. The zero-order valence-corrected chi connectivity index (χ0v) is 49.0. The van der Waals surface area contributed by atoms with Crippen molar-refractivity contribution in [3.63, 3.8) is 0 Å². The van der Waals surface area contributed by atoms with Gasteiger partial charge in [-0.25, -0.2) is 0 Å². The van der Waals surface area contributed by atoms with Crippen LogP contribution in [0.3, 0.4) is 0 Å². The van der Waals surface area contributed by atoms with Crippen LogP contribution in [-0.4, -0.2) is 37.2 Å². The first kappa shape index (κ1) is 71.1. The third-order valence-electron chi connectivity index (χ3n) is 13.3. The van der Waals surface area contributed by atoms with E-state index in [0.29, 0.717) is 19.3 Å². The maximum atomic E-state index is 12.8. The second-order valence-electron chi connectivity index (χ2n) is 20.6. The van der Waals surface area contributed by atoms with Gasteiger partial charge >= 0.3 is 17.9 Å². The maximum Gasteiger partial charge on any atom is 0.306 e. The molecule has 0 N–H and O–H groups in total. The van der Waals surface area contributed by atoms with Gasteiger partial charge in [-0.3, -0.25) is 14.4 Å². The molecule has 0 spiro atoms. The molecule has 0 aliphatic heterocycles. The van der Waals surface area contributed by atoms with Crippen molar-refractivity contribution in [1.29, 1.82) is 0 Å². The lowest BCUT2D eigenvalue weighted by Crippen LogP contribution is -2.30. The molecule has 0 rings (SSSR count). The van der Waals surface area contributed by atoms with Gasteiger partial charge in [-0.1, -0.05) is 278 Å². The minimum atomic E-state index is -0.785. The van der Waals surface area contributed by atoms with Gasteiger partial charge in [0.2, 0.25) is 0 Å². The van der Waals surface area contributed by atoms with Crippen molar-refractivity contribution in [1.82, 2.24) is 0 Å². The minimum absolute atomic E-state index is 0.0825. The maximum absolute atomic E-state index is 12.8. The van der Waals surface area contributed by atoms with Crippen LogP contribution in [0.25, 0.3) is 0 Å². The molecular weight excluding hydrogens is 925 g/mol. The van der Waals surface area contributed by atoms with Crippen LogP contribution in [0.4, 0.5) is 0 Å². The number of unbranched alkanes of at least 4 members (excludes halogenated alkanes) is 27. The van der Waals surface area contributed by atoms with Gasteiger partial charge in [-0.05, 0) is 103 Å². The highest BCUT2D eigenvalue weighted by Crippen LogP contribution is 2.16. The van der Waals surface area contributed by atoms with Crippen LogP contribution in [0.2, 0.25) is 0 Å². The molecule has 1 unspecified atom stereocenters.